The molecule has 23 heavy (non-hydrogen) atoms. The topological polar surface area (TPSA) is 64.7 Å². The molecule has 4 nitrogen and oxygen atoms in total. The first-order valence-corrected chi connectivity index (χ1v) is 7.03. The quantitative estimate of drug-likeness (QED) is 0.273. The Bertz CT molecular complexity index is 418. The molecule has 0 bridgehead atoms. The molecule has 1 aromatic carbocycles. The van der Waals surface area contributed by atoms with Gasteiger partial charge in [-0.3, -0.25) is 0 Å². The van der Waals surface area contributed by atoms with Gasteiger partial charge in [-0.25, -0.2) is 0 Å². The Morgan fingerprint density at radius 1 is 1.22 bits per heavy atom. The number of nitrogens with zero attached hydrogens (tertiary/aromatic N) is 1. The second-order valence-electron chi connectivity index (χ2n) is 4.53. The first kappa shape index (κ1) is 30.8. The number of benzene rings is 1. The van der Waals surface area contributed by atoms with Crippen molar-refractivity contribution < 1.29 is 61.0 Å². The van der Waals surface area contributed by atoms with Gasteiger partial charge in [0.2, 0.25) is 0 Å². The van der Waals surface area contributed by atoms with Crippen molar-refractivity contribution in [2.75, 3.05) is 0 Å². The number of oxime groups is 1. The van der Waals surface area contributed by atoms with Crippen LogP contribution < -0.4 is 57.1 Å². The van der Waals surface area contributed by atoms with E-state index in [2.05, 4.69) is 5.16 Å². The molecule has 1 atom stereocenters. The smallest absolute Gasteiger partial charge is 0.393 e. The monoisotopic (exact) mass is 347 g/mol. The normalized spacial score (nSPS) is 10.8. The number of hydrogen-bond donors (Lipinski definition) is 1. The molecule has 128 valence electrons. The zero-order valence-electron chi connectivity index (χ0n) is 16.1. The van der Waals surface area contributed by atoms with Gasteiger partial charge in [0, 0.05) is 0 Å². The van der Waals surface area contributed by atoms with E-state index >= 15 is 0 Å². The molecule has 0 aliphatic carbocycles. The number of rotatable bonds is 6. The summed E-state index contributed by atoms with van der Waals surface area (Å²) in [6.45, 7) is 9.76. The van der Waals surface area contributed by atoms with Crippen molar-refractivity contribution in [2.24, 2.45) is 10.9 Å². The van der Waals surface area contributed by atoms with Crippen LogP contribution in [0.25, 0.3) is 0 Å². The van der Waals surface area contributed by atoms with Crippen molar-refractivity contribution in [3.8, 4) is 0 Å². The summed E-state index contributed by atoms with van der Waals surface area (Å²) in [7, 11) is 0. The molecule has 0 aromatic heterocycles. The van der Waals surface area contributed by atoms with E-state index in [9.17, 15) is 4.79 Å². The van der Waals surface area contributed by atoms with Crippen LogP contribution >= 0.6 is 0 Å². The van der Waals surface area contributed by atoms with Crippen LogP contribution in [0.4, 0.5) is 0 Å². The van der Waals surface area contributed by atoms with E-state index in [1.807, 2.05) is 58.9 Å². The SMILES string of the molecule is C/C(=N/OC(C)C)c1ccc(CC(N)C=O)cc1.CC.[CH3-].[CH3-].[K+]. The predicted molar refractivity (Wildman–Crippen MR) is 96.8 cm³/mol. The van der Waals surface area contributed by atoms with Crippen molar-refractivity contribution in [2.45, 2.75) is 53.2 Å². The molecular formula is C18H32KN2O2-. The first-order chi connectivity index (χ1) is 9.52. The fourth-order valence-electron chi connectivity index (χ4n) is 1.44. The van der Waals surface area contributed by atoms with Crippen LogP contribution in [0, 0.1) is 14.9 Å². The Morgan fingerprint density at radius 2 is 1.70 bits per heavy atom. The zero-order valence-corrected chi connectivity index (χ0v) is 19.2. The van der Waals surface area contributed by atoms with E-state index < -0.39 is 6.04 Å². The standard InChI is InChI=1S/C14H20N2O2.C2H6.2CH3.K/c1-10(2)18-16-11(3)13-6-4-12(5-7-13)8-14(15)9-17;1-2;;;/h4-7,9-10,14H,8,15H2,1-3H3;1-2H3;2*1H3;/q;;2*-1;+1/b16-11-;;;;. The van der Waals surface area contributed by atoms with Crippen molar-refractivity contribution in [1.82, 2.24) is 0 Å². The molecule has 0 saturated carbocycles. The summed E-state index contributed by atoms with van der Waals surface area (Å²) in [6, 6.07) is 7.38. The molecule has 0 amide bonds. The maximum atomic E-state index is 10.5. The van der Waals surface area contributed by atoms with Gasteiger partial charge in [-0.05, 0) is 38.3 Å². The molecular weight excluding hydrogens is 315 g/mol. The van der Waals surface area contributed by atoms with Gasteiger partial charge in [0.05, 0.1) is 11.8 Å². The minimum absolute atomic E-state index is 0. The molecule has 2 N–H and O–H groups in total. The summed E-state index contributed by atoms with van der Waals surface area (Å²) >= 11 is 0. The van der Waals surface area contributed by atoms with Gasteiger partial charge in [-0.15, -0.1) is 0 Å². The largest absolute Gasteiger partial charge is 1.00 e. The summed E-state index contributed by atoms with van der Waals surface area (Å²) in [6.07, 6.45) is 1.39. The molecule has 0 aliphatic heterocycles. The van der Waals surface area contributed by atoms with Crippen molar-refractivity contribution in [1.29, 1.82) is 0 Å². The number of nitrogens with two attached hydrogens (primary N) is 1. The van der Waals surface area contributed by atoms with Crippen LogP contribution in [0.3, 0.4) is 0 Å². The predicted octanol–water partition coefficient (Wildman–Crippen LogP) is 0.835. The average Bonchev–Trinajstić information content (AvgIpc) is 2.47. The zero-order chi connectivity index (χ0) is 15.5. The maximum Gasteiger partial charge on any atom is 1.00 e. The average molecular weight is 348 g/mol. The van der Waals surface area contributed by atoms with Crippen LogP contribution in [-0.4, -0.2) is 24.1 Å². The summed E-state index contributed by atoms with van der Waals surface area (Å²) in [5, 5.41) is 4.04. The van der Waals surface area contributed by atoms with E-state index in [4.69, 9.17) is 10.6 Å². The Balaban J connectivity index is -0.000000347. The van der Waals surface area contributed by atoms with Gasteiger partial charge < -0.3 is 30.2 Å². The minimum atomic E-state index is -0.435. The third kappa shape index (κ3) is 14.0. The summed E-state index contributed by atoms with van der Waals surface area (Å²) in [5.74, 6) is 0. The summed E-state index contributed by atoms with van der Waals surface area (Å²) in [4.78, 5) is 15.7. The second kappa shape index (κ2) is 18.3. The molecule has 1 aromatic rings. The van der Waals surface area contributed by atoms with E-state index in [1.54, 1.807) is 0 Å². The second-order valence-corrected chi connectivity index (χ2v) is 4.53. The van der Waals surface area contributed by atoms with Gasteiger partial charge in [-0.2, -0.15) is 0 Å². The van der Waals surface area contributed by atoms with Gasteiger partial charge >= 0.3 is 51.4 Å². The Labute approximate surface area is 185 Å². The molecule has 0 saturated heterocycles. The van der Waals surface area contributed by atoms with Crippen LogP contribution in [0.1, 0.15) is 45.7 Å². The summed E-state index contributed by atoms with van der Waals surface area (Å²) < 4.78 is 0. The fraction of sp³-hybridized carbons (Fsp3) is 0.444. The molecule has 1 unspecified atom stereocenters. The van der Waals surface area contributed by atoms with Crippen molar-refractivity contribution in [3.05, 3.63) is 50.2 Å². The number of hydrogen-bond acceptors (Lipinski definition) is 4. The van der Waals surface area contributed by atoms with Crippen LogP contribution in [0.5, 0.6) is 0 Å². The Morgan fingerprint density at radius 3 is 2.09 bits per heavy atom. The third-order valence-electron chi connectivity index (χ3n) is 2.42. The van der Waals surface area contributed by atoms with Crippen LogP contribution in [-0.2, 0) is 16.1 Å². The van der Waals surface area contributed by atoms with Crippen LogP contribution in [0.15, 0.2) is 29.4 Å². The number of carbonyl (C=O) groups excluding carboxylic acids is 1. The van der Waals surface area contributed by atoms with Crippen molar-refractivity contribution in [3.63, 3.8) is 0 Å². The Kier molecular flexibility index (Phi) is 24.5. The van der Waals surface area contributed by atoms with Crippen molar-refractivity contribution >= 4 is 12.0 Å². The fourth-order valence-corrected chi connectivity index (χ4v) is 1.44. The molecule has 0 radical (unpaired) electrons. The maximum absolute atomic E-state index is 10.5. The molecule has 1 rings (SSSR count). The third-order valence-corrected chi connectivity index (χ3v) is 2.42. The molecule has 0 spiro atoms. The van der Waals surface area contributed by atoms with Gasteiger partial charge in [0.15, 0.2) is 0 Å². The Hall–Kier alpha value is -0.0436. The first-order valence-electron chi connectivity index (χ1n) is 7.03. The molecule has 0 heterocycles. The number of carbonyl (C=O) groups is 1. The van der Waals surface area contributed by atoms with E-state index in [0.29, 0.717) is 6.42 Å². The molecule has 0 fully saturated rings. The van der Waals surface area contributed by atoms with Crippen LogP contribution in [0.2, 0.25) is 0 Å². The van der Waals surface area contributed by atoms with E-state index in [1.165, 1.54) is 0 Å². The molecule has 5 heteroatoms. The molecule has 0 aliphatic rings. The van der Waals surface area contributed by atoms with E-state index in [-0.39, 0.29) is 72.3 Å². The summed E-state index contributed by atoms with van der Waals surface area (Å²) in [5.41, 5.74) is 8.44. The number of aldehydes is 1. The van der Waals surface area contributed by atoms with E-state index in [0.717, 1.165) is 23.1 Å². The van der Waals surface area contributed by atoms with Gasteiger partial charge in [0.25, 0.3) is 0 Å². The van der Waals surface area contributed by atoms with Gasteiger partial charge in [-0.1, -0.05) is 43.3 Å². The minimum Gasteiger partial charge on any atom is -0.393 e. The van der Waals surface area contributed by atoms with Gasteiger partial charge in [0.1, 0.15) is 12.4 Å².